The molecule has 0 saturated carbocycles. The van der Waals surface area contributed by atoms with E-state index in [2.05, 4.69) is 56.8 Å². The van der Waals surface area contributed by atoms with Crippen molar-refractivity contribution in [2.45, 2.75) is 33.4 Å². The summed E-state index contributed by atoms with van der Waals surface area (Å²) in [5, 5.41) is 0. The van der Waals surface area contributed by atoms with Gasteiger partial charge in [0.2, 0.25) is 0 Å². The number of hydrogen-bond donors (Lipinski definition) is 1. The number of rotatable bonds is 6. The van der Waals surface area contributed by atoms with E-state index in [9.17, 15) is 0 Å². The van der Waals surface area contributed by atoms with E-state index in [0.717, 1.165) is 25.3 Å². The molecule has 0 aromatic heterocycles. The molecule has 0 amide bonds. The third-order valence-electron chi connectivity index (χ3n) is 3.33. The highest BCUT2D eigenvalue weighted by Crippen LogP contribution is 2.17. The fourth-order valence-corrected chi connectivity index (χ4v) is 2.31. The van der Waals surface area contributed by atoms with Gasteiger partial charge in [-0.3, -0.25) is 4.90 Å². The zero-order valence-electron chi connectivity index (χ0n) is 12.4. The van der Waals surface area contributed by atoms with Crippen LogP contribution in [0.4, 0.5) is 5.69 Å². The van der Waals surface area contributed by atoms with E-state index >= 15 is 0 Å². The molecule has 3 nitrogen and oxygen atoms in total. The smallest absolute Gasteiger partial charge is 0.0359 e. The van der Waals surface area contributed by atoms with Crippen molar-refractivity contribution < 1.29 is 0 Å². The first-order chi connectivity index (χ1) is 8.43. The Kier molecular flexibility index (Phi) is 5.63. The summed E-state index contributed by atoms with van der Waals surface area (Å²) >= 11 is 0. The van der Waals surface area contributed by atoms with Gasteiger partial charge in [-0.15, -0.1) is 0 Å². The normalized spacial score (nSPS) is 13.3. The van der Waals surface area contributed by atoms with E-state index in [0.29, 0.717) is 6.04 Å². The SMILES string of the molecule is CCN(Cc1cc(C)ccc1N)C(C)CN(C)C. The van der Waals surface area contributed by atoms with Crippen LogP contribution in [-0.4, -0.2) is 43.0 Å². The Morgan fingerprint density at radius 1 is 1.28 bits per heavy atom. The maximum absolute atomic E-state index is 6.06. The summed E-state index contributed by atoms with van der Waals surface area (Å²) in [4.78, 5) is 4.69. The van der Waals surface area contributed by atoms with E-state index in [-0.39, 0.29) is 0 Å². The van der Waals surface area contributed by atoms with Crippen molar-refractivity contribution in [3.8, 4) is 0 Å². The van der Waals surface area contributed by atoms with E-state index in [1.54, 1.807) is 0 Å². The van der Waals surface area contributed by atoms with Crippen molar-refractivity contribution >= 4 is 5.69 Å². The van der Waals surface area contributed by atoms with Gasteiger partial charge in [-0.05, 0) is 46.1 Å². The largest absolute Gasteiger partial charge is 0.398 e. The van der Waals surface area contributed by atoms with Crippen LogP contribution in [0.3, 0.4) is 0 Å². The Morgan fingerprint density at radius 3 is 2.50 bits per heavy atom. The third kappa shape index (κ3) is 4.31. The van der Waals surface area contributed by atoms with Gasteiger partial charge in [0.25, 0.3) is 0 Å². The van der Waals surface area contributed by atoms with Crippen molar-refractivity contribution in [1.29, 1.82) is 0 Å². The molecule has 1 aromatic carbocycles. The monoisotopic (exact) mass is 249 g/mol. The zero-order chi connectivity index (χ0) is 13.7. The fourth-order valence-electron chi connectivity index (χ4n) is 2.31. The minimum atomic E-state index is 0.532. The highest BCUT2D eigenvalue weighted by atomic mass is 15.2. The maximum atomic E-state index is 6.06. The number of likely N-dealkylation sites (N-methyl/N-ethyl adjacent to an activating group) is 2. The van der Waals surface area contributed by atoms with Crippen molar-refractivity contribution in [1.82, 2.24) is 9.80 Å². The molecule has 1 aromatic rings. The van der Waals surface area contributed by atoms with Crippen LogP contribution in [0.15, 0.2) is 18.2 Å². The van der Waals surface area contributed by atoms with Crippen LogP contribution in [0.2, 0.25) is 0 Å². The van der Waals surface area contributed by atoms with Crippen molar-refractivity contribution in [2.75, 3.05) is 32.9 Å². The predicted octanol–water partition coefficient (Wildman–Crippen LogP) is 2.35. The molecule has 1 unspecified atom stereocenters. The number of nitrogens with zero attached hydrogens (tertiary/aromatic N) is 2. The van der Waals surface area contributed by atoms with Crippen LogP contribution in [0.25, 0.3) is 0 Å². The number of nitrogens with two attached hydrogens (primary N) is 1. The number of aryl methyl sites for hydroxylation is 1. The Morgan fingerprint density at radius 2 is 1.94 bits per heavy atom. The lowest BCUT2D eigenvalue weighted by Gasteiger charge is -2.30. The molecular formula is C15H27N3. The molecule has 0 aliphatic carbocycles. The molecule has 1 rings (SSSR count). The molecule has 0 aliphatic heterocycles. The van der Waals surface area contributed by atoms with Gasteiger partial charge < -0.3 is 10.6 Å². The molecule has 0 heterocycles. The van der Waals surface area contributed by atoms with Crippen LogP contribution in [-0.2, 0) is 6.54 Å². The molecule has 18 heavy (non-hydrogen) atoms. The molecule has 0 radical (unpaired) electrons. The Hall–Kier alpha value is -1.06. The molecule has 3 heteroatoms. The van der Waals surface area contributed by atoms with Gasteiger partial charge in [0, 0.05) is 24.8 Å². The van der Waals surface area contributed by atoms with Gasteiger partial charge in [-0.2, -0.15) is 0 Å². The van der Waals surface area contributed by atoms with Crippen LogP contribution in [0.5, 0.6) is 0 Å². The summed E-state index contributed by atoms with van der Waals surface area (Å²) in [6.45, 7) is 9.64. The summed E-state index contributed by atoms with van der Waals surface area (Å²) in [5.74, 6) is 0. The van der Waals surface area contributed by atoms with Gasteiger partial charge in [0.15, 0.2) is 0 Å². The summed E-state index contributed by atoms with van der Waals surface area (Å²) in [7, 11) is 4.23. The van der Waals surface area contributed by atoms with E-state index in [4.69, 9.17) is 5.73 Å². The molecule has 0 spiro atoms. The molecule has 0 fully saturated rings. The predicted molar refractivity (Wildman–Crippen MR) is 79.7 cm³/mol. The molecule has 1 atom stereocenters. The highest BCUT2D eigenvalue weighted by Gasteiger charge is 2.14. The van der Waals surface area contributed by atoms with Gasteiger partial charge in [-0.1, -0.05) is 24.6 Å². The van der Waals surface area contributed by atoms with E-state index < -0.39 is 0 Å². The minimum absolute atomic E-state index is 0.532. The van der Waals surface area contributed by atoms with Crippen LogP contribution < -0.4 is 5.73 Å². The number of nitrogen functional groups attached to an aromatic ring is 1. The second-order valence-electron chi connectivity index (χ2n) is 5.38. The topological polar surface area (TPSA) is 32.5 Å². The van der Waals surface area contributed by atoms with Crippen LogP contribution in [0, 0.1) is 6.92 Å². The first-order valence-corrected chi connectivity index (χ1v) is 6.67. The lowest BCUT2D eigenvalue weighted by Crippen LogP contribution is -2.39. The number of anilines is 1. The first kappa shape index (κ1) is 15.0. The van der Waals surface area contributed by atoms with Crippen LogP contribution >= 0.6 is 0 Å². The van der Waals surface area contributed by atoms with Crippen molar-refractivity contribution in [2.24, 2.45) is 0 Å². The van der Waals surface area contributed by atoms with Crippen molar-refractivity contribution in [3.63, 3.8) is 0 Å². The maximum Gasteiger partial charge on any atom is 0.0359 e. The Balaban J connectivity index is 2.76. The summed E-state index contributed by atoms with van der Waals surface area (Å²) < 4.78 is 0. The van der Waals surface area contributed by atoms with Gasteiger partial charge in [0.05, 0.1) is 0 Å². The summed E-state index contributed by atoms with van der Waals surface area (Å²) in [6, 6.07) is 6.80. The summed E-state index contributed by atoms with van der Waals surface area (Å²) in [6.07, 6.45) is 0. The molecule has 0 saturated heterocycles. The first-order valence-electron chi connectivity index (χ1n) is 6.67. The minimum Gasteiger partial charge on any atom is -0.398 e. The Bertz CT molecular complexity index is 374. The fraction of sp³-hybridized carbons (Fsp3) is 0.600. The van der Waals surface area contributed by atoms with Crippen molar-refractivity contribution in [3.05, 3.63) is 29.3 Å². The second kappa shape index (κ2) is 6.76. The van der Waals surface area contributed by atoms with E-state index in [1.807, 2.05) is 6.07 Å². The average Bonchev–Trinajstić information content (AvgIpc) is 2.29. The lowest BCUT2D eigenvalue weighted by molar-refractivity contribution is 0.174. The third-order valence-corrected chi connectivity index (χ3v) is 3.33. The second-order valence-corrected chi connectivity index (χ2v) is 5.38. The zero-order valence-corrected chi connectivity index (χ0v) is 12.4. The van der Waals surface area contributed by atoms with Gasteiger partial charge in [-0.25, -0.2) is 0 Å². The van der Waals surface area contributed by atoms with Gasteiger partial charge >= 0.3 is 0 Å². The average molecular weight is 249 g/mol. The standard InChI is InChI=1S/C15H27N3/c1-6-18(13(3)10-17(4)5)11-14-9-12(2)7-8-15(14)16/h7-9,13H,6,10-11,16H2,1-5H3. The molecule has 0 bridgehead atoms. The quantitative estimate of drug-likeness (QED) is 0.786. The molecule has 102 valence electrons. The molecule has 0 aliphatic rings. The Labute approximate surface area is 112 Å². The van der Waals surface area contributed by atoms with Crippen LogP contribution in [0.1, 0.15) is 25.0 Å². The van der Waals surface area contributed by atoms with E-state index in [1.165, 1.54) is 11.1 Å². The number of benzene rings is 1. The summed E-state index contributed by atoms with van der Waals surface area (Å²) in [5.41, 5.74) is 9.47. The molecular weight excluding hydrogens is 222 g/mol. The molecule has 2 N–H and O–H groups in total. The van der Waals surface area contributed by atoms with Gasteiger partial charge in [0.1, 0.15) is 0 Å². The number of hydrogen-bond acceptors (Lipinski definition) is 3. The lowest BCUT2D eigenvalue weighted by atomic mass is 10.1. The highest BCUT2D eigenvalue weighted by molar-refractivity contribution is 5.48.